The Hall–Kier alpha value is -2.34. The molecule has 0 bridgehead atoms. The van der Waals surface area contributed by atoms with Crippen molar-refractivity contribution in [3.05, 3.63) is 57.6 Å². The van der Waals surface area contributed by atoms with Crippen molar-refractivity contribution >= 4 is 28.1 Å². The predicted octanol–water partition coefficient (Wildman–Crippen LogP) is 3.49. The zero-order valence-corrected chi connectivity index (χ0v) is 14.4. The molecule has 0 saturated carbocycles. The molecule has 2 aromatic carbocycles. The van der Waals surface area contributed by atoms with Gasteiger partial charge in [-0.2, -0.15) is 5.10 Å². The number of benzene rings is 2. The Morgan fingerprint density at radius 1 is 1.35 bits per heavy atom. The van der Waals surface area contributed by atoms with E-state index in [4.69, 9.17) is 4.74 Å². The monoisotopic (exact) mass is 376 g/mol. The molecule has 0 saturated heterocycles. The molecule has 6 heteroatoms. The normalized spacial score (nSPS) is 10.7. The van der Waals surface area contributed by atoms with Gasteiger partial charge in [0.1, 0.15) is 0 Å². The van der Waals surface area contributed by atoms with Crippen LogP contribution in [0.25, 0.3) is 0 Å². The van der Waals surface area contributed by atoms with E-state index < -0.39 is 0 Å². The van der Waals surface area contributed by atoms with Gasteiger partial charge in [-0.3, -0.25) is 4.79 Å². The SMILES string of the molecule is CCc1ccc(C(=O)N/N=C/c2cc(Br)cc(OC)c2O)cc1. The molecule has 0 spiro atoms. The van der Waals surface area contributed by atoms with E-state index in [9.17, 15) is 9.90 Å². The second-order valence-corrected chi connectivity index (χ2v) is 5.71. The van der Waals surface area contributed by atoms with Crippen molar-refractivity contribution in [1.29, 1.82) is 0 Å². The third-order valence-electron chi connectivity index (χ3n) is 3.28. The highest BCUT2D eigenvalue weighted by atomic mass is 79.9. The van der Waals surface area contributed by atoms with E-state index in [0.29, 0.717) is 16.9 Å². The number of hydrogen-bond acceptors (Lipinski definition) is 4. The average molecular weight is 377 g/mol. The lowest BCUT2D eigenvalue weighted by Crippen LogP contribution is -2.17. The van der Waals surface area contributed by atoms with Gasteiger partial charge >= 0.3 is 0 Å². The van der Waals surface area contributed by atoms with Gasteiger partial charge in [0.05, 0.1) is 13.3 Å². The molecule has 0 radical (unpaired) electrons. The summed E-state index contributed by atoms with van der Waals surface area (Å²) in [5.41, 5.74) is 4.55. The van der Waals surface area contributed by atoms with Crippen LogP contribution in [0.4, 0.5) is 0 Å². The maximum atomic E-state index is 12.0. The maximum absolute atomic E-state index is 12.0. The lowest BCUT2D eigenvalue weighted by atomic mass is 10.1. The van der Waals surface area contributed by atoms with Gasteiger partial charge < -0.3 is 9.84 Å². The van der Waals surface area contributed by atoms with Crippen LogP contribution in [0.5, 0.6) is 11.5 Å². The molecule has 23 heavy (non-hydrogen) atoms. The van der Waals surface area contributed by atoms with E-state index in [2.05, 4.69) is 33.4 Å². The lowest BCUT2D eigenvalue weighted by Gasteiger charge is -2.06. The third-order valence-corrected chi connectivity index (χ3v) is 3.74. The zero-order chi connectivity index (χ0) is 16.8. The Labute approximate surface area is 143 Å². The fraction of sp³-hybridized carbons (Fsp3) is 0.176. The topological polar surface area (TPSA) is 70.9 Å². The van der Waals surface area contributed by atoms with Crippen LogP contribution in [-0.2, 0) is 6.42 Å². The summed E-state index contributed by atoms with van der Waals surface area (Å²) in [6.07, 6.45) is 2.28. The minimum absolute atomic E-state index is 0.0407. The Balaban J connectivity index is 2.09. The number of carbonyl (C=O) groups excluding carboxylic acids is 1. The van der Waals surface area contributed by atoms with Crippen LogP contribution in [0.2, 0.25) is 0 Å². The Kier molecular flexibility index (Phi) is 5.76. The smallest absolute Gasteiger partial charge is 0.271 e. The third kappa shape index (κ3) is 4.32. The van der Waals surface area contributed by atoms with Gasteiger partial charge in [-0.1, -0.05) is 35.0 Å². The van der Waals surface area contributed by atoms with Gasteiger partial charge in [0.25, 0.3) is 5.91 Å². The number of carbonyl (C=O) groups is 1. The molecule has 120 valence electrons. The van der Waals surface area contributed by atoms with Crippen molar-refractivity contribution in [1.82, 2.24) is 5.43 Å². The first kappa shape index (κ1) is 17.0. The summed E-state index contributed by atoms with van der Waals surface area (Å²) in [6, 6.07) is 10.6. The second kappa shape index (κ2) is 7.78. The molecule has 0 aliphatic carbocycles. The number of phenols is 1. The fourth-order valence-corrected chi connectivity index (χ4v) is 2.42. The quantitative estimate of drug-likeness (QED) is 0.619. The number of methoxy groups -OCH3 is 1. The first-order valence-corrected chi connectivity index (χ1v) is 7.83. The van der Waals surface area contributed by atoms with E-state index in [1.54, 1.807) is 24.3 Å². The number of aryl methyl sites for hydroxylation is 1. The van der Waals surface area contributed by atoms with Gasteiger partial charge in [0.15, 0.2) is 11.5 Å². The molecule has 0 aliphatic heterocycles. The molecule has 0 aliphatic rings. The summed E-state index contributed by atoms with van der Waals surface area (Å²) in [6.45, 7) is 2.05. The number of hydrogen-bond donors (Lipinski definition) is 2. The van der Waals surface area contributed by atoms with Crippen molar-refractivity contribution in [3.8, 4) is 11.5 Å². The van der Waals surface area contributed by atoms with Crippen LogP contribution in [0.15, 0.2) is 46.0 Å². The molecule has 0 heterocycles. The zero-order valence-electron chi connectivity index (χ0n) is 12.8. The van der Waals surface area contributed by atoms with Gasteiger partial charge in [-0.25, -0.2) is 5.43 Å². The van der Waals surface area contributed by atoms with Gasteiger partial charge in [-0.05, 0) is 36.2 Å². The fourth-order valence-electron chi connectivity index (χ4n) is 1.97. The minimum atomic E-state index is -0.314. The molecule has 5 nitrogen and oxygen atoms in total. The molecule has 0 fully saturated rings. The van der Waals surface area contributed by atoms with Crippen LogP contribution in [0, 0.1) is 0 Å². The van der Waals surface area contributed by atoms with Gasteiger partial charge in [-0.15, -0.1) is 0 Å². The molecule has 0 aromatic heterocycles. The number of halogens is 1. The van der Waals surface area contributed by atoms with Gasteiger partial charge in [0, 0.05) is 15.6 Å². The molecule has 2 N–H and O–H groups in total. The van der Waals surface area contributed by atoms with Crippen LogP contribution < -0.4 is 10.2 Å². The summed E-state index contributed by atoms with van der Waals surface area (Å²) in [5.74, 6) is -0.0336. The van der Waals surface area contributed by atoms with Crippen LogP contribution in [0.3, 0.4) is 0 Å². The number of nitrogens with zero attached hydrogens (tertiary/aromatic N) is 1. The number of phenolic OH excluding ortho intramolecular Hbond substituents is 1. The standard InChI is InChI=1S/C17H17BrN2O3/c1-3-11-4-6-12(7-5-11)17(22)20-19-10-13-8-14(18)9-15(23-2)16(13)21/h4-10,21H,3H2,1-2H3,(H,20,22)/b19-10+. The highest BCUT2D eigenvalue weighted by Gasteiger charge is 2.08. The Morgan fingerprint density at radius 2 is 2.04 bits per heavy atom. The van der Waals surface area contributed by atoms with Crippen molar-refractivity contribution in [2.24, 2.45) is 5.10 Å². The van der Waals surface area contributed by atoms with E-state index in [0.717, 1.165) is 16.5 Å². The van der Waals surface area contributed by atoms with E-state index in [1.165, 1.54) is 13.3 Å². The van der Waals surface area contributed by atoms with Crippen molar-refractivity contribution in [2.75, 3.05) is 7.11 Å². The first-order valence-electron chi connectivity index (χ1n) is 7.04. The van der Waals surface area contributed by atoms with Crippen molar-refractivity contribution < 1.29 is 14.6 Å². The highest BCUT2D eigenvalue weighted by molar-refractivity contribution is 9.10. The average Bonchev–Trinajstić information content (AvgIpc) is 2.57. The molecule has 1 amide bonds. The molecule has 2 rings (SSSR count). The summed E-state index contributed by atoms with van der Waals surface area (Å²) in [7, 11) is 1.46. The van der Waals surface area contributed by atoms with E-state index in [1.807, 2.05) is 12.1 Å². The Morgan fingerprint density at radius 3 is 2.65 bits per heavy atom. The minimum Gasteiger partial charge on any atom is -0.504 e. The highest BCUT2D eigenvalue weighted by Crippen LogP contribution is 2.32. The van der Waals surface area contributed by atoms with Gasteiger partial charge in [0.2, 0.25) is 0 Å². The van der Waals surface area contributed by atoms with E-state index in [-0.39, 0.29) is 11.7 Å². The summed E-state index contributed by atoms with van der Waals surface area (Å²) < 4.78 is 5.79. The largest absolute Gasteiger partial charge is 0.504 e. The van der Waals surface area contributed by atoms with Crippen LogP contribution in [-0.4, -0.2) is 24.3 Å². The van der Waals surface area contributed by atoms with E-state index >= 15 is 0 Å². The lowest BCUT2D eigenvalue weighted by molar-refractivity contribution is 0.0955. The molecular formula is C17H17BrN2O3. The number of rotatable bonds is 5. The predicted molar refractivity (Wildman–Crippen MR) is 93.2 cm³/mol. The molecule has 2 aromatic rings. The molecular weight excluding hydrogens is 360 g/mol. The first-order chi connectivity index (χ1) is 11.0. The van der Waals surface area contributed by atoms with Crippen molar-refractivity contribution in [2.45, 2.75) is 13.3 Å². The Bertz CT molecular complexity index is 727. The summed E-state index contributed by atoms with van der Waals surface area (Å²) >= 11 is 3.32. The van der Waals surface area contributed by atoms with Crippen LogP contribution >= 0.6 is 15.9 Å². The number of hydrazone groups is 1. The summed E-state index contributed by atoms with van der Waals surface area (Å²) in [4.78, 5) is 12.0. The summed E-state index contributed by atoms with van der Waals surface area (Å²) in [5, 5.41) is 13.9. The molecule has 0 unspecified atom stereocenters. The molecule has 0 atom stereocenters. The number of amides is 1. The number of ether oxygens (including phenoxy) is 1. The number of nitrogens with one attached hydrogen (secondary N) is 1. The maximum Gasteiger partial charge on any atom is 0.271 e. The van der Waals surface area contributed by atoms with Crippen LogP contribution in [0.1, 0.15) is 28.4 Å². The second-order valence-electron chi connectivity index (χ2n) is 4.80. The number of aromatic hydroxyl groups is 1. The van der Waals surface area contributed by atoms with Crippen molar-refractivity contribution in [3.63, 3.8) is 0 Å².